The van der Waals surface area contributed by atoms with Gasteiger partial charge in [0.25, 0.3) is 5.91 Å². The van der Waals surface area contributed by atoms with E-state index in [4.69, 9.17) is 5.11 Å². The summed E-state index contributed by atoms with van der Waals surface area (Å²) >= 11 is 0. The topological polar surface area (TPSA) is 79.3 Å². The smallest absolute Gasteiger partial charge is 0.354 e. The number of nitrogens with zero attached hydrogens (tertiary/aromatic N) is 1. The highest BCUT2D eigenvalue weighted by atomic mass is 16.4. The minimum absolute atomic E-state index is 0.119. The Hall–Kier alpha value is -2.17. The normalized spacial score (nSPS) is 14.0. The summed E-state index contributed by atoms with van der Waals surface area (Å²) in [6.45, 7) is 0.579. The van der Waals surface area contributed by atoms with Crippen molar-refractivity contribution in [1.29, 1.82) is 0 Å². The molecule has 1 amide bonds. The molecule has 1 aliphatic carbocycles. The maximum atomic E-state index is 11.8. The molecule has 0 radical (unpaired) electrons. The van der Waals surface area contributed by atoms with Crippen molar-refractivity contribution in [2.24, 2.45) is 0 Å². The summed E-state index contributed by atoms with van der Waals surface area (Å²) in [5.41, 5.74) is 1.60. The number of amides is 1. The predicted octanol–water partition coefficient (Wildman–Crippen LogP) is 2.01. The maximum absolute atomic E-state index is 11.8. The number of hydrogen-bond donors (Lipinski definition) is 2. The molecule has 100 valence electrons. The second-order valence-electron chi connectivity index (χ2n) is 4.50. The molecule has 1 aromatic heterocycles. The Labute approximate surface area is 111 Å². The van der Waals surface area contributed by atoms with Gasteiger partial charge in [0, 0.05) is 18.3 Å². The van der Waals surface area contributed by atoms with Gasteiger partial charge < -0.3 is 10.4 Å². The van der Waals surface area contributed by atoms with Crippen molar-refractivity contribution in [2.45, 2.75) is 25.7 Å². The summed E-state index contributed by atoms with van der Waals surface area (Å²) in [5, 5.41) is 11.6. The van der Waals surface area contributed by atoms with E-state index in [0.717, 1.165) is 19.3 Å². The molecular weight excluding hydrogens is 244 g/mol. The van der Waals surface area contributed by atoms with Crippen molar-refractivity contribution < 1.29 is 14.7 Å². The van der Waals surface area contributed by atoms with Crippen LogP contribution >= 0.6 is 0 Å². The van der Waals surface area contributed by atoms with E-state index in [1.807, 2.05) is 0 Å². The summed E-state index contributed by atoms with van der Waals surface area (Å²) < 4.78 is 0. The van der Waals surface area contributed by atoms with Gasteiger partial charge >= 0.3 is 5.97 Å². The number of aromatic nitrogens is 1. The molecular formula is C14H16N2O3. The Morgan fingerprint density at radius 1 is 1.42 bits per heavy atom. The Balaban J connectivity index is 1.88. The van der Waals surface area contributed by atoms with Crippen LogP contribution in [0.1, 0.15) is 46.5 Å². The number of carboxylic acid groups (broad SMARTS) is 1. The van der Waals surface area contributed by atoms with Gasteiger partial charge in [-0.25, -0.2) is 9.78 Å². The van der Waals surface area contributed by atoms with E-state index in [1.165, 1.54) is 30.3 Å². The predicted molar refractivity (Wildman–Crippen MR) is 70.1 cm³/mol. The molecule has 0 atom stereocenters. The van der Waals surface area contributed by atoms with E-state index in [0.29, 0.717) is 12.1 Å². The first kappa shape index (κ1) is 13.3. The molecule has 0 unspecified atom stereocenters. The molecule has 2 rings (SSSR count). The van der Waals surface area contributed by atoms with Crippen LogP contribution in [0.2, 0.25) is 0 Å². The molecule has 0 saturated heterocycles. The first-order valence-electron chi connectivity index (χ1n) is 6.32. The van der Waals surface area contributed by atoms with Crippen LogP contribution in [0.3, 0.4) is 0 Å². The Bertz CT molecular complexity index is 523. The van der Waals surface area contributed by atoms with Crippen molar-refractivity contribution in [3.63, 3.8) is 0 Å². The van der Waals surface area contributed by atoms with Crippen molar-refractivity contribution in [3.8, 4) is 0 Å². The van der Waals surface area contributed by atoms with Gasteiger partial charge in [-0.05, 0) is 37.8 Å². The van der Waals surface area contributed by atoms with Crippen LogP contribution in [0.25, 0.3) is 0 Å². The van der Waals surface area contributed by atoms with Gasteiger partial charge in [0.05, 0.1) is 0 Å². The molecule has 0 saturated carbocycles. The summed E-state index contributed by atoms with van der Waals surface area (Å²) in [7, 11) is 0. The number of nitrogens with one attached hydrogen (secondary N) is 1. The van der Waals surface area contributed by atoms with Crippen LogP contribution in [0.5, 0.6) is 0 Å². The zero-order valence-corrected chi connectivity index (χ0v) is 10.6. The molecule has 1 aromatic rings. The zero-order chi connectivity index (χ0) is 13.7. The second kappa shape index (κ2) is 6.13. The molecule has 0 fully saturated rings. The standard InChI is InChI=1S/C14H16N2O3/c17-13(16-7-5-10-3-1-2-4-10)11-6-8-15-12(9-11)14(18)19/h3,6,8-9H,1-2,4-5,7H2,(H,16,17)(H,18,19). The largest absolute Gasteiger partial charge is 0.477 e. The lowest BCUT2D eigenvalue weighted by Crippen LogP contribution is -2.25. The lowest BCUT2D eigenvalue weighted by atomic mass is 10.1. The third-order valence-corrected chi connectivity index (χ3v) is 3.11. The first-order chi connectivity index (χ1) is 9.16. The zero-order valence-electron chi connectivity index (χ0n) is 10.6. The van der Waals surface area contributed by atoms with E-state index >= 15 is 0 Å². The van der Waals surface area contributed by atoms with Gasteiger partial charge in [-0.1, -0.05) is 11.6 Å². The minimum Gasteiger partial charge on any atom is -0.477 e. The molecule has 0 aliphatic heterocycles. The van der Waals surface area contributed by atoms with E-state index in [1.54, 1.807) is 0 Å². The van der Waals surface area contributed by atoms with Gasteiger partial charge in [-0.15, -0.1) is 0 Å². The lowest BCUT2D eigenvalue weighted by Gasteiger charge is -2.06. The summed E-state index contributed by atoms with van der Waals surface area (Å²) in [6.07, 6.45) is 7.88. The monoisotopic (exact) mass is 260 g/mol. The van der Waals surface area contributed by atoms with Gasteiger partial charge in [-0.2, -0.15) is 0 Å². The number of pyridine rings is 1. The molecule has 5 nitrogen and oxygen atoms in total. The fraction of sp³-hybridized carbons (Fsp3) is 0.357. The van der Waals surface area contributed by atoms with Crippen molar-refractivity contribution in [1.82, 2.24) is 10.3 Å². The fourth-order valence-electron chi connectivity index (χ4n) is 2.09. The third kappa shape index (κ3) is 3.64. The molecule has 19 heavy (non-hydrogen) atoms. The van der Waals surface area contributed by atoms with E-state index in [2.05, 4.69) is 16.4 Å². The van der Waals surface area contributed by atoms with Crippen LogP contribution in [0.4, 0.5) is 0 Å². The molecule has 1 heterocycles. The van der Waals surface area contributed by atoms with Crippen LogP contribution in [0, 0.1) is 0 Å². The minimum atomic E-state index is -1.13. The van der Waals surface area contributed by atoms with Crippen LogP contribution < -0.4 is 5.32 Å². The number of aromatic carboxylic acids is 1. The van der Waals surface area contributed by atoms with E-state index < -0.39 is 5.97 Å². The Kier molecular flexibility index (Phi) is 4.28. The molecule has 0 spiro atoms. The van der Waals surface area contributed by atoms with Gasteiger partial charge in [0.15, 0.2) is 0 Å². The highest BCUT2D eigenvalue weighted by Gasteiger charge is 2.11. The number of carboxylic acids is 1. The molecule has 5 heteroatoms. The van der Waals surface area contributed by atoms with Crippen molar-refractivity contribution >= 4 is 11.9 Å². The number of allylic oxidation sites excluding steroid dienone is 1. The molecule has 1 aliphatic rings. The summed E-state index contributed by atoms with van der Waals surface area (Å²) in [6, 6.07) is 2.79. The van der Waals surface area contributed by atoms with E-state index in [9.17, 15) is 9.59 Å². The SMILES string of the molecule is O=C(NCCC1=CCCC1)c1ccnc(C(=O)O)c1. The van der Waals surface area contributed by atoms with Crippen LogP contribution in [0.15, 0.2) is 30.0 Å². The fourth-order valence-corrected chi connectivity index (χ4v) is 2.09. The quantitative estimate of drug-likeness (QED) is 0.794. The van der Waals surface area contributed by atoms with Gasteiger partial charge in [0.2, 0.25) is 0 Å². The number of rotatable bonds is 5. The molecule has 0 bridgehead atoms. The van der Waals surface area contributed by atoms with Crippen molar-refractivity contribution in [2.75, 3.05) is 6.54 Å². The lowest BCUT2D eigenvalue weighted by molar-refractivity contribution is 0.0690. The summed E-state index contributed by atoms with van der Waals surface area (Å²) in [4.78, 5) is 26.3. The number of carbonyl (C=O) groups excluding carboxylic acids is 1. The van der Waals surface area contributed by atoms with Crippen LogP contribution in [-0.4, -0.2) is 28.5 Å². The Morgan fingerprint density at radius 2 is 2.26 bits per heavy atom. The van der Waals surface area contributed by atoms with Crippen LogP contribution in [-0.2, 0) is 0 Å². The molecule has 2 N–H and O–H groups in total. The Morgan fingerprint density at radius 3 is 2.95 bits per heavy atom. The number of hydrogen-bond acceptors (Lipinski definition) is 3. The maximum Gasteiger partial charge on any atom is 0.354 e. The molecule has 0 aromatic carbocycles. The number of carbonyl (C=O) groups is 2. The van der Waals surface area contributed by atoms with Crippen molar-refractivity contribution in [3.05, 3.63) is 41.2 Å². The summed E-state index contributed by atoms with van der Waals surface area (Å²) in [5.74, 6) is -1.39. The first-order valence-corrected chi connectivity index (χ1v) is 6.32. The average Bonchev–Trinajstić information content (AvgIpc) is 2.92. The highest BCUT2D eigenvalue weighted by Crippen LogP contribution is 2.19. The highest BCUT2D eigenvalue weighted by molar-refractivity contribution is 5.96. The van der Waals surface area contributed by atoms with Gasteiger partial charge in [0.1, 0.15) is 5.69 Å². The van der Waals surface area contributed by atoms with E-state index in [-0.39, 0.29) is 11.6 Å². The average molecular weight is 260 g/mol. The van der Waals surface area contributed by atoms with Gasteiger partial charge in [-0.3, -0.25) is 4.79 Å². The second-order valence-corrected chi connectivity index (χ2v) is 4.50. The third-order valence-electron chi connectivity index (χ3n) is 3.11.